The third-order valence-corrected chi connectivity index (χ3v) is 4.58. The average Bonchev–Trinajstić information content (AvgIpc) is 2.87. The molecule has 0 spiro atoms. The quantitative estimate of drug-likeness (QED) is 0.285. The summed E-state index contributed by atoms with van der Waals surface area (Å²) in [6.45, 7) is 6.09. The molecule has 0 fully saturated rings. The van der Waals surface area contributed by atoms with Gasteiger partial charge in [0.05, 0.1) is 24.7 Å². The molecule has 0 aliphatic heterocycles. The highest BCUT2D eigenvalue weighted by Crippen LogP contribution is 2.27. The monoisotopic (exact) mass is 526 g/mol. The highest BCUT2D eigenvalue weighted by atomic mass is 127. The molecule has 1 heterocycles. The minimum absolute atomic E-state index is 0. The highest BCUT2D eigenvalue weighted by molar-refractivity contribution is 14.0. The van der Waals surface area contributed by atoms with Crippen LogP contribution in [0, 0.1) is 0 Å². The van der Waals surface area contributed by atoms with Crippen LogP contribution < -0.4 is 15.4 Å². The van der Waals surface area contributed by atoms with Gasteiger partial charge in [0, 0.05) is 19.3 Å². The van der Waals surface area contributed by atoms with Crippen LogP contribution in [0.1, 0.15) is 25.1 Å². The second-order valence-electron chi connectivity index (χ2n) is 5.62. The molecule has 0 radical (unpaired) electrons. The third kappa shape index (κ3) is 6.65. The van der Waals surface area contributed by atoms with Crippen LogP contribution in [0.2, 0.25) is 10.2 Å². The third-order valence-electron chi connectivity index (χ3n) is 3.74. The highest BCUT2D eigenvalue weighted by Gasteiger charge is 2.09. The lowest BCUT2D eigenvalue weighted by atomic mass is 10.2. The first-order valence-electron chi connectivity index (χ1n) is 8.42. The maximum absolute atomic E-state index is 9.78. The number of aromatic hydroxyl groups is 1. The molecule has 0 saturated carbocycles. The minimum Gasteiger partial charge on any atom is -0.504 e. The molecule has 0 amide bonds. The van der Waals surface area contributed by atoms with Gasteiger partial charge in [-0.15, -0.1) is 24.0 Å². The maximum Gasteiger partial charge on any atom is 0.191 e. The van der Waals surface area contributed by atoms with Gasteiger partial charge in [0.1, 0.15) is 5.15 Å². The fraction of sp³-hybridized carbons (Fsp3) is 0.389. The fourth-order valence-electron chi connectivity index (χ4n) is 2.37. The van der Waals surface area contributed by atoms with E-state index < -0.39 is 0 Å². The zero-order chi connectivity index (χ0) is 19.1. The predicted molar refractivity (Wildman–Crippen MR) is 122 cm³/mol. The Morgan fingerprint density at radius 3 is 2.56 bits per heavy atom. The minimum atomic E-state index is 0. The molecule has 0 unspecified atom stereocenters. The van der Waals surface area contributed by atoms with E-state index >= 15 is 0 Å². The zero-order valence-corrected chi connectivity index (χ0v) is 19.4. The normalized spacial score (nSPS) is 11.1. The number of ether oxygens (including phenoxy) is 1. The summed E-state index contributed by atoms with van der Waals surface area (Å²) in [7, 11) is 1.86. The van der Waals surface area contributed by atoms with Gasteiger partial charge < -0.3 is 25.0 Å². The summed E-state index contributed by atoms with van der Waals surface area (Å²) >= 11 is 12.1. The molecule has 150 valence electrons. The number of rotatable bonds is 7. The van der Waals surface area contributed by atoms with Gasteiger partial charge in [-0.25, -0.2) is 4.99 Å². The Hall–Kier alpha value is -1.32. The van der Waals surface area contributed by atoms with E-state index in [1.807, 2.05) is 37.6 Å². The van der Waals surface area contributed by atoms with Crippen molar-refractivity contribution in [2.75, 3.05) is 13.2 Å². The van der Waals surface area contributed by atoms with E-state index in [-0.39, 0.29) is 29.7 Å². The Morgan fingerprint density at radius 2 is 1.96 bits per heavy atom. The van der Waals surface area contributed by atoms with Gasteiger partial charge in [-0.2, -0.15) is 0 Å². The summed E-state index contributed by atoms with van der Waals surface area (Å²) in [5.41, 5.74) is 1.89. The molecule has 6 nitrogen and oxygen atoms in total. The number of nitrogens with zero attached hydrogens (tertiary/aromatic N) is 2. The second kappa shape index (κ2) is 11.5. The predicted octanol–water partition coefficient (Wildman–Crippen LogP) is 4.31. The SMILES string of the molecule is CCNC(=NCc1ccc(O)c(OCC)c1)NCc1cc(Cl)c(Cl)n1C.I. The van der Waals surface area contributed by atoms with E-state index in [2.05, 4.69) is 15.6 Å². The molecule has 2 aromatic rings. The summed E-state index contributed by atoms with van der Waals surface area (Å²) in [5.74, 6) is 1.26. The lowest BCUT2D eigenvalue weighted by Crippen LogP contribution is -2.37. The largest absolute Gasteiger partial charge is 0.504 e. The van der Waals surface area contributed by atoms with Crippen molar-refractivity contribution in [2.45, 2.75) is 26.9 Å². The number of hydrogen-bond donors (Lipinski definition) is 3. The van der Waals surface area contributed by atoms with Crippen LogP contribution in [0.3, 0.4) is 0 Å². The molecule has 0 saturated heterocycles. The van der Waals surface area contributed by atoms with Gasteiger partial charge in [-0.05, 0) is 37.6 Å². The number of benzene rings is 1. The van der Waals surface area contributed by atoms with Gasteiger partial charge in [0.15, 0.2) is 17.5 Å². The molecule has 0 atom stereocenters. The summed E-state index contributed by atoms with van der Waals surface area (Å²) in [6.07, 6.45) is 0. The van der Waals surface area contributed by atoms with Crippen molar-refractivity contribution in [2.24, 2.45) is 12.0 Å². The Morgan fingerprint density at radius 1 is 1.22 bits per heavy atom. The maximum atomic E-state index is 9.78. The summed E-state index contributed by atoms with van der Waals surface area (Å²) in [6, 6.07) is 7.06. The van der Waals surface area contributed by atoms with E-state index in [0.717, 1.165) is 17.8 Å². The number of aliphatic imine (C=N–C) groups is 1. The molecule has 2 rings (SSSR count). The van der Waals surface area contributed by atoms with Crippen molar-refractivity contribution < 1.29 is 9.84 Å². The first-order valence-corrected chi connectivity index (χ1v) is 9.18. The summed E-state index contributed by atoms with van der Waals surface area (Å²) < 4.78 is 7.23. The molecule has 0 aliphatic carbocycles. The first-order chi connectivity index (χ1) is 12.5. The van der Waals surface area contributed by atoms with E-state index in [1.165, 1.54) is 0 Å². The van der Waals surface area contributed by atoms with E-state index in [9.17, 15) is 5.11 Å². The van der Waals surface area contributed by atoms with Crippen molar-refractivity contribution in [3.63, 3.8) is 0 Å². The smallest absolute Gasteiger partial charge is 0.191 e. The summed E-state index contributed by atoms with van der Waals surface area (Å²) in [5, 5.41) is 17.3. The Labute approximate surface area is 186 Å². The Bertz CT molecular complexity index is 781. The van der Waals surface area contributed by atoms with Gasteiger partial charge in [0.2, 0.25) is 0 Å². The lowest BCUT2D eigenvalue weighted by Gasteiger charge is -2.12. The van der Waals surface area contributed by atoms with Crippen molar-refractivity contribution in [1.82, 2.24) is 15.2 Å². The molecule has 0 aliphatic rings. The van der Waals surface area contributed by atoms with Gasteiger partial charge >= 0.3 is 0 Å². The van der Waals surface area contributed by atoms with Crippen molar-refractivity contribution in [3.8, 4) is 11.5 Å². The lowest BCUT2D eigenvalue weighted by molar-refractivity contribution is 0.318. The number of guanidine groups is 1. The molecule has 3 N–H and O–H groups in total. The molecule has 27 heavy (non-hydrogen) atoms. The van der Waals surface area contributed by atoms with E-state index in [0.29, 0.717) is 41.6 Å². The van der Waals surface area contributed by atoms with Crippen molar-refractivity contribution >= 4 is 53.1 Å². The molecule has 9 heteroatoms. The molecule has 1 aromatic carbocycles. The van der Waals surface area contributed by atoms with Gasteiger partial charge in [-0.1, -0.05) is 29.3 Å². The average molecular weight is 527 g/mol. The van der Waals surface area contributed by atoms with Crippen LogP contribution >= 0.6 is 47.2 Å². The molecule has 0 bridgehead atoms. The topological polar surface area (TPSA) is 70.8 Å². The number of nitrogens with one attached hydrogen (secondary N) is 2. The number of hydrogen-bond acceptors (Lipinski definition) is 3. The van der Waals surface area contributed by atoms with E-state index in [4.69, 9.17) is 27.9 Å². The van der Waals surface area contributed by atoms with Crippen LogP contribution in [0.4, 0.5) is 0 Å². The first kappa shape index (κ1) is 23.7. The van der Waals surface area contributed by atoms with Crippen molar-refractivity contribution in [1.29, 1.82) is 0 Å². The van der Waals surface area contributed by atoms with Crippen LogP contribution in [-0.4, -0.2) is 28.8 Å². The zero-order valence-electron chi connectivity index (χ0n) is 15.6. The standard InChI is InChI=1S/C18H24Cl2N4O2.HI/c1-4-21-18(23-11-13-9-14(19)17(20)24(13)3)22-10-12-6-7-15(25)16(8-12)26-5-2;/h6-9,25H,4-5,10-11H2,1-3H3,(H2,21,22,23);1H. The van der Waals surface area contributed by atoms with Crippen molar-refractivity contribution in [3.05, 3.63) is 45.7 Å². The van der Waals surface area contributed by atoms with Crippen LogP contribution in [-0.2, 0) is 20.1 Å². The molecule has 1 aromatic heterocycles. The fourth-order valence-corrected chi connectivity index (χ4v) is 2.79. The summed E-state index contributed by atoms with van der Waals surface area (Å²) in [4.78, 5) is 4.57. The number of halogens is 3. The van der Waals surface area contributed by atoms with Crippen LogP contribution in [0.25, 0.3) is 0 Å². The van der Waals surface area contributed by atoms with Gasteiger partial charge in [-0.3, -0.25) is 0 Å². The number of phenols is 1. The Kier molecular flexibility index (Phi) is 10.1. The number of aromatic nitrogens is 1. The molecular weight excluding hydrogens is 502 g/mol. The van der Waals surface area contributed by atoms with Gasteiger partial charge in [0.25, 0.3) is 0 Å². The van der Waals surface area contributed by atoms with Crippen LogP contribution in [0.15, 0.2) is 29.3 Å². The number of phenolic OH excluding ortho intramolecular Hbond substituents is 1. The molecular formula is C18H25Cl2IN4O2. The second-order valence-corrected chi connectivity index (χ2v) is 6.38. The van der Waals surface area contributed by atoms with Crippen LogP contribution in [0.5, 0.6) is 11.5 Å². The Balaban J connectivity index is 0.00000364. The van der Waals surface area contributed by atoms with E-state index in [1.54, 1.807) is 12.1 Å².